The van der Waals surface area contributed by atoms with Crippen LogP contribution in [0.15, 0.2) is 36.0 Å². The summed E-state index contributed by atoms with van der Waals surface area (Å²) in [6.45, 7) is 3.14. The quantitative estimate of drug-likeness (QED) is 0.397. The van der Waals surface area contributed by atoms with Gasteiger partial charge in [-0.1, -0.05) is 6.08 Å². The zero-order valence-corrected chi connectivity index (χ0v) is 9.08. The van der Waals surface area contributed by atoms with Crippen molar-refractivity contribution in [1.82, 2.24) is 0 Å². The minimum Gasteiger partial charge on any atom is -1.00 e. The molecule has 0 saturated carbocycles. The van der Waals surface area contributed by atoms with E-state index in [1.165, 1.54) is 0 Å². The second kappa shape index (κ2) is 5.72. The molecule has 0 atom stereocenters. The van der Waals surface area contributed by atoms with Gasteiger partial charge in [-0.15, -0.1) is 18.2 Å². The van der Waals surface area contributed by atoms with E-state index in [4.69, 9.17) is 0 Å². The fraction of sp³-hybridized carbons (Fsp3) is 0. The Bertz CT molecular complexity index is 235. The molecular weight excluding hydrogens is 245 g/mol. The van der Waals surface area contributed by atoms with E-state index in [1.807, 2.05) is 0 Å². The van der Waals surface area contributed by atoms with E-state index >= 15 is 0 Å². The third-order valence-corrected chi connectivity index (χ3v) is 1.09. The summed E-state index contributed by atoms with van der Waals surface area (Å²) < 4.78 is 36.6. The van der Waals surface area contributed by atoms with E-state index in [0.29, 0.717) is 12.2 Å². The monoisotopic (exact) mass is 248 g/mol. The van der Waals surface area contributed by atoms with Crippen LogP contribution in [-0.2, 0) is 0 Å². The third kappa shape index (κ3) is 3.24. The minimum absolute atomic E-state index is 0. The summed E-state index contributed by atoms with van der Waals surface area (Å²) in [4.78, 5) is 0. The molecule has 1 rings (SSSR count). The summed E-state index contributed by atoms with van der Waals surface area (Å²) in [6, 6.07) is 0. The fourth-order valence-electron chi connectivity index (χ4n) is 0.564. The van der Waals surface area contributed by atoms with Gasteiger partial charge in [0.15, 0.2) is 0 Å². The molecule has 0 spiro atoms. The molecule has 5 heteroatoms. The van der Waals surface area contributed by atoms with E-state index in [9.17, 15) is 13.2 Å². The molecule has 0 N–H and O–H groups in total. The van der Waals surface area contributed by atoms with E-state index in [1.54, 1.807) is 0 Å². The van der Waals surface area contributed by atoms with Gasteiger partial charge in [-0.05, 0) is 0 Å². The van der Waals surface area contributed by atoms with Gasteiger partial charge in [-0.3, -0.25) is 8.78 Å². The average Bonchev–Trinajstić information content (AvgIpc) is 1.84. The first-order valence-corrected chi connectivity index (χ1v) is 2.58. The number of rotatable bonds is 0. The van der Waals surface area contributed by atoms with Crippen molar-refractivity contribution >= 4 is 23.1 Å². The van der Waals surface area contributed by atoms with Crippen molar-refractivity contribution in [3.63, 3.8) is 0 Å². The van der Waals surface area contributed by atoms with Crippen LogP contribution in [-0.4, -0.2) is 23.1 Å². The molecule has 0 aliphatic heterocycles. The Hall–Kier alpha value is 0.126. The van der Waals surface area contributed by atoms with Crippen LogP contribution in [0, 0.1) is 6.17 Å². The molecule has 0 radical (unpaired) electrons. The topological polar surface area (TPSA) is 0 Å². The van der Waals surface area contributed by atoms with Gasteiger partial charge in [0.1, 0.15) is 0 Å². The second-order valence-corrected chi connectivity index (χ2v) is 1.86. The molecule has 1 aliphatic carbocycles. The Morgan fingerprint density at radius 2 is 1.83 bits per heavy atom. The predicted octanol–water partition coefficient (Wildman–Crippen LogP) is -0.612. The second-order valence-electron chi connectivity index (χ2n) is 1.86. The maximum absolute atomic E-state index is 12.3. The molecule has 0 nitrogen and oxygen atoms in total. The largest absolute Gasteiger partial charge is 2.00 e. The van der Waals surface area contributed by atoms with Crippen molar-refractivity contribution in [3.05, 3.63) is 42.1 Å². The molecule has 0 amide bonds. The minimum atomic E-state index is -1.19. The Labute approximate surface area is 95.1 Å². The zero-order chi connectivity index (χ0) is 7.72. The van der Waals surface area contributed by atoms with Crippen LogP contribution >= 0.6 is 0 Å². The van der Waals surface area contributed by atoms with E-state index < -0.39 is 17.8 Å². The summed E-state index contributed by atoms with van der Waals surface area (Å²) in [5.74, 6) is -1.91. The van der Waals surface area contributed by atoms with Crippen LogP contribution in [0.3, 0.4) is 0 Å². The van der Waals surface area contributed by atoms with Gasteiger partial charge in [0.2, 0.25) is 0 Å². The predicted molar refractivity (Wildman–Crippen MR) is 37.6 cm³/mol. The van der Waals surface area contributed by atoms with Crippen molar-refractivity contribution in [2.75, 3.05) is 0 Å². The summed E-state index contributed by atoms with van der Waals surface area (Å²) in [5, 5.41) is 0. The van der Waals surface area contributed by atoms with Crippen LogP contribution < -0.4 is 17.0 Å². The molecule has 0 saturated heterocycles. The van der Waals surface area contributed by atoms with Crippen molar-refractivity contribution in [2.24, 2.45) is 0 Å². The van der Waals surface area contributed by atoms with Crippen molar-refractivity contribution < 1.29 is 30.2 Å². The third-order valence-electron chi connectivity index (χ3n) is 1.09. The van der Waals surface area contributed by atoms with Gasteiger partial charge >= 0.3 is 23.1 Å². The standard InChI is InChI=1S/C7H4F3.BrH.Mg/c1-4-2-6(9)7(10)3-5(4)8;;/h2-3H,1H2;1H;/q-1;;+2/p-1. The molecule has 0 fully saturated rings. The SMILES string of the molecule is C=C1C=C(F)[C-](F)C=C1F.[Br-].[Mg+2]. The van der Waals surface area contributed by atoms with Gasteiger partial charge in [0.25, 0.3) is 0 Å². The van der Waals surface area contributed by atoms with Crippen molar-refractivity contribution in [1.29, 1.82) is 0 Å². The fourth-order valence-corrected chi connectivity index (χ4v) is 0.564. The smallest absolute Gasteiger partial charge is 1.00 e. The Morgan fingerprint density at radius 3 is 2.25 bits per heavy atom. The Morgan fingerprint density at radius 1 is 1.33 bits per heavy atom. The number of allylic oxidation sites excluding steroid dienone is 5. The Balaban J connectivity index is 0. The summed E-state index contributed by atoms with van der Waals surface area (Å²) in [6.07, 6.45) is -0.00704. The van der Waals surface area contributed by atoms with Gasteiger partial charge in [0, 0.05) is 12.0 Å². The molecule has 1 aliphatic rings. The zero-order valence-electron chi connectivity index (χ0n) is 6.08. The van der Waals surface area contributed by atoms with Crippen LogP contribution in [0.1, 0.15) is 0 Å². The molecule has 62 valence electrons. The number of hydrogen-bond acceptors (Lipinski definition) is 0. The molecule has 0 heterocycles. The van der Waals surface area contributed by atoms with E-state index in [-0.39, 0.29) is 45.6 Å². The van der Waals surface area contributed by atoms with Crippen LogP contribution in [0.25, 0.3) is 0 Å². The van der Waals surface area contributed by atoms with Gasteiger partial charge in [-0.25, -0.2) is 4.39 Å². The average molecular weight is 249 g/mol. The number of hydrogen-bond donors (Lipinski definition) is 0. The van der Waals surface area contributed by atoms with Crippen molar-refractivity contribution in [2.45, 2.75) is 0 Å². The van der Waals surface area contributed by atoms with Crippen LogP contribution in [0.5, 0.6) is 0 Å². The van der Waals surface area contributed by atoms with Gasteiger partial charge in [-0.2, -0.15) is 0 Å². The van der Waals surface area contributed by atoms with Crippen molar-refractivity contribution in [3.8, 4) is 0 Å². The first-order chi connectivity index (χ1) is 4.61. The van der Waals surface area contributed by atoms with Gasteiger partial charge < -0.3 is 17.0 Å². The molecule has 0 unspecified atom stereocenters. The summed E-state index contributed by atoms with van der Waals surface area (Å²) in [7, 11) is 0. The molecular formula is C7H4BrF3Mg. The van der Waals surface area contributed by atoms with Crippen LogP contribution in [0.4, 0.5) is 13.2 Å². The normalized spacial score (nSPS) is 15.6. The molecule has 0 aromatic rings. The molecule has 12 heavy (non-hydrogen) atoms. The molecule has 0 aromatic carbocycles. The van der Waals surface area contributed by atoms with E-state index in [0.717, 1.165) is 0 Å². The summed E-state index contributed by atoms with van der Waals surface area (Å²) in [5.41, 5.74) is -0.140. The molecule has 0 aromatic heterocycles. The number of halogens is 4. The summed E-state index contributed by atoms with van der Waals surface area (Å²) >= 11 is 0. The van der Waals surface area contributed by atoms with E-state index in [2.05, 4.69) is 6.58 Å². The first kappa shape index (κ1) is 14.6. The maximum atomic E-state index is 12.3. The first-order valence-electron chi connectivity index (χ1n) is 2.58. The van der Waals surface area contributed by atoms with Gasteiger partial charge in [0.05, 0.1) is 5.83 Å². The Kier molecular flexibility index (Phi) is 6.97. The molecule has 0 bridgehead atoms. The van der Waals surface area contributed by atoms with Crippen LogP contribution in [0.2, 0.25) is 0 Å². The maximum Gasteiger partial charge on any atom is 2.00 e.